The summed E-state index contributed by atoms with van der Waals surface area (Å²) in [5, 5.41) is 2.48. The van der Waals surface area contributed by atoms with Gasteiger partial charge in [-0.3, -0.25) is 0 Å². The van der Waals surface area contributed by atoms with Gasteiger partial charge >= 0.3 is 0 Å². The molecule has 0 spiro atoms. The van der Waals surface area contributed by atoms with Crippen molar-refractivity contribution in [1.82, 2.24) is 4.98 Å². The van der Waals surface area contributed by atoms with Crippen LogP contribution in [0.4, 0.5) is 0 Å². The average Bonchev–Trinajstić information content (AvgIpc) is 2.70. The van der Waals surface area contributed by atoms with Crippen molar-refractivity contribution in [2.75, 3.05) is 0 Å². The number of pyridine rings is 1. The van der Waals surface area contributed by atoms with Crippen LogP contribution in [0.25, 0.3) is 0 Å². The highest BCUT2D eigenvalue weighted by atomic mass is 35.5. The van der Waals surface area contributed by atoms with E-state index in [2.05, 4.69) is 4.98 Å². The molecule has 0 amide bonds. The minimum atomic E-state index is -0.170. The number of hydrogen-bond donors (Lipinski definition) is 1. The van der Waals surface area contributed by atoms with Gasteiger partial charge in [-0.1, -0.05) is 23.7 Å². The second kappa shape index (κ2) is 4.09. The Hall–Kier alpha value is -0.900. The summed E-state index contributed by atoms with van der Waals surface area (Å²) < 4.78 is 0. The molecule has 1 atom stereocenters. The molecule has 0 aliphatic carbocycles. The van der Waals surface area contributed by atoms with Crippen LogP contribution in [0.3, 0.4) is 0 Å². The van der Waals surface area contributed by atoms with Crippen molar-refractivity contribution in [2.45, 2.75) is 6.04 Å². The molecule has 0 saturated carbocycles. The first-order chi connectivity index (χ1) is 6.79. The molecule has 0 bridgehead atoms. The third-order valence-corrected chi connectivity index (χ3v) is 3.24. The third-order valence-electron chi connectivity index (χ3n) is 1.97. The Kier molecular flexibility index (Phi) is 2.82. The first-order valence-corrected chi connectivity index (χ1v) is 5.44. The summed E-state index contributed by atoms with van der Waals surface area (Å²) in [6.45, 7) is 0. The predicted molar refractivity (Wildman–Crippen MR) is 59.6 cm³/mol. The van der Waals surface area contributed by atoms with Crippen molar-refractivity contribution in [1.29, 1.82) is 0 Å². The van der Waals surface area contributed by atoms with Crippen molar-refractivity contribution in [2.24, 2.45) is 5.73 Å². The number of halogens is 1. The number of nitrogens with two attached hydrogens (primary N) is 1. The lowest BCUT2D eigenvalue weighted by Gasteiger charge is -2.10. The van der Waals surface area contributed by atoms with Gasteiger partial charge in [-0.15, -0.1) is 11.3 Å². The fourth-order valence-electron chi connectivity index (χ4n) is 1.25. The summed E-state index contributed by atoms with van der Waals surface area (Å²) in [4.78, 5) is 5.10. The number of rotatable bonds is 2. The maximum Gasteiger partial charge on any atom is 0.134 e. The Morgan fingerprint density at radius 1 is 1.36 bits per heavy atom. The predicted octanol–water partition coefficient (Wildman–Crippen LogP) is 2.84. The molecule has 72 valence electrons. The van der Waals surface area contributed by atoms with Crippen LogP contribution in [0, 0.1) is 0 Å². The third kappa shape index (κ3) is 1.80. The van der Waals surface area contributed by atoms with Crippen molar-refractivity contribution in [3.05, 3.63) is 51.4 Å². The van der Waals surface area contributed by atoms with Crippen LogP contribution < -0.4 is 5.73 Å². The maximum absolute atomic E-state index is 6.05. The van der Waals surface area contributed by atoms with E-state index in [9.17, 15) is 0 Å². The molecule has 14 heavy (non-hydrogen) atoms. The first kappa shape index (κ1) is 9.65. The summed E-state index contributed by atoms with van der Waals surface area (Å²) in [7, 11) is 0. The Balaban J connectivity index is 2.37. The molecule has 2 aromatic heterocycles. The lowest BCUT2D eigenvalue weighted by atomic mass is 10.1. The van der Waals surface area contributed by atoms with Gasteiger partial charge in [0.15, 0.2) is 0 Å². The second-order valence-corrected chi connectivity index (χ2v) is 4.21. The van der Waals surface area contributed by atoms with Crippen LogP contribution in [0.1, 0.15) is 16.5 Å². The molecule has 0 saturated heterocycles. The van der Waals surface area contributed by atoms with E-state index in [4.69, 9.17) is 17.3 Å². The minimum absolute atomic E-state index is 0.170. The lowest BCUT2D eigenvalue weighted by Crippen LogP contribution is -2.11. The van der Waals surface area contributed by atoms with Crippen LogP contribution in [0.5, 0.6) is 0 Å². The van der Waals surface area contributed by atoms with Gasteiger partial charge in [0.1, 0.15) is 5.15 Å². The van der Waals surface area contributed by atoms with Gasteiger partial charge < -0.3 is 5.73 Å². The molecular formula is C10H9ClN2S. The SMILES string of the molecule is N[C@H](c1cccs1)c1cccnc1Cl. The number of thiophene rings is 1. The Morgan fingerprint density at radius 2 is 2.21 bits per heavy atom. The van der Waals surface area contributed by atoms with Gasteiger partial charge in [-0.25, -0.2) is 4.98 Å². The molecule has 2 rings (SSSR count). The van der Waals surface area contributed by atoms with Gasteiger partial charge in [0.2, 0.25) is 0 Å². The van der Waals surface area contributed by atoms with E-state index < -0.39 is 0 Å². The quantitative estimate of drug-likeness (QED) is 0.797. The fourth-order valence-corrected chi connectivity index (χ4v) is 2.23. The maximum atomic E-state index is 6.05. The molecule has 2 N–H and O–H groups in total. The molecule has 0 aromatic carbocycles. The van der Waals surface area contributed by atoms with E-state index in [0.717, 1.165) is 10.4 Å². The molecule has 0 aliphatic heterocycles. The standard InChI is InChI=1S/C10H9ClN2S/c11-10-7(3-1-5-13-10)9(12)8-4-2-6-14-8/h1-6,9H,12H2/t9-/m0/s1. The van der Waals surface area contributed by atoms with Crippen LogP contribution in [0.2, 0.25) is 5.15 Å². The monoisotopic (exact) mass is 224 g/mol. The average molecular weight is 225 g/mol. The highest BCUT2D eigenvalue weighted by Gasteiger charge is 2.13. The smallest absolute Gasteiger partial charge is 0.134 e. The minimum Gasteiger partial charge on any atom is -0.320 e. The van der Waals surface area contributed by atoms with E-state index in [0.29, 0.717) is 5.15 Å². The summed E-state index contributed by atoms with van der Waals surface area (Å²) in [5.74, 6) is 0. The highest BCUT2D eigenvalue weighted by Crippen LogP contribution is 2.27. The van der Waals surface area contributed by atoms with E-state index in [1.54, 1.807) is 17.5 Å². The molecule has 0 fully saturated rings. The molecular weight excluding hydrogens is 216 g/mol. The van der Waals surface area contributed by atoms with E-state index in [1.165, 1.54) is 0 Å². The van der Waals surface area contributed by atoms with E-state index in [1.807, 2.05) is 29.6 Å². The Morgan fingerprint density at radius 3 is 2.86 bits per heavy atom. The van der Waals surface area contributed by atoms with E-state index in [-0.39, 0.29) is 6.04 Å². The molecule has 4 heteroatoms. The topological polar surface area (TPSA) is 38.9 Å². The molecule has 0 radical (unpaired) electrons. The van der Waals surface area contributed by atoms with Crippen LogP contribution in [-0.4, -0.2) is 4.98 Å². The molecule has 2 aromatic rings. The summed E-state index contributed by atoms with van der Waals surface area (Å²) in [6, 6.07) is 7.55. The Labute approximate surface area is 91.4 Å². The zero-order valence-corrected chi connectivity index (χ0v) is 8.92. The van der Waals surface area contributed by atoms with Gasteiger partial charge in [0.25, 0.3) is 0 Å². The first-order valence-electron chi connectivity index (χ1n) is 4.18. The second-order valence-electron chi connectivity index (χ2n) is 2.88. The van der Waals surface area contributed by atoms with Crippen LogP contribution in [-0.2, 0) is 0 Å². The van der Waals surface area contributed by atoms with Crippen molar-refractivity contribution in [3.8, 4) is 0 Å². The normalized spacial score (nSPS) is 12.7. The molecule has 2 heterocycles. The number of hydrogen-bond acceptors (Lipinski definition) is 3. The molecule has 0 unspecified atom stereocenters. The summed E-state index contributed by atoms with van der Waals surface area (Å²) in [6.07, 6.45) is 1.66. The van der Waals surface area contributed by atoms with Gasteiger partial charge in [0, 0.05) is 16.6 Å². The van der Waals surface area contributed by atoms with Crippen LogP contribution >= 0.6 is 22.9 Å². The fraction of sp³-hybridized carbons (Fsp3) is 0.100. The zero-order chi connectivity index (χ0) is 9.97. The largest absolute Gasteiger partial charge is 0.320 e. The number of aromatic nitrogens is 1. The van der Waals surface area contributed by atoms with Crippen LogP contribution in [0.15, 0.2) is 35.8 Å². The van der Waals surface area contributed by atoms with Gasteiger partial charge in [0.05, 0.1) is 6.04 Å². The summed E-state index contributed by atoms with van der Waals surface area (Å²) >= 11 is 7.57. The van der Waals surface area contributed by atoms with Crippen molar-refractivity contribution < 1.29 is 0 Å². The van der Waals surface area contributed by atoms with Gasteiger partial charge in [-0.2, -0.15) is 0 Å². The zero-order valence-electron chi connectivity index (χ0n) is 7.35. The molecule has 2 nitrogen and oxygen atoms in total. The summed E-state index contributed by atoms with van der Waals surface area (Å²) in [5.41, 5.74) is 6.92. The Bertz CT molecular complexity index is 414. The van der Waals surface area contributed by atoms with E-state index >= 15 is 0 Å². The van der Waals surface area contributed by atoms with Crippen molar-refractivity contribution in [3.63, 3.8) is 0 Å². The van der Waals surface area contributed by atoms with Gasteiger partial charge in [-0.05, 0) is 17.5 Å². The highest BCUT2D eigenvalue weighted by molar-refractivity contribution is 7.10. The lowest BCUT2D eigenvalue weighted by molar-refractivity contribution is 0.884. The van der Waals surface area contributed by atoms with Crippen molar-refractivity contribution >= 4 is 22.9 Å². The number of nitrogens with zero attached hydrogens (tertiary/aromatic N) is 1. The molecule has 0 aliphatic rings.